The van der Waals surface area contributed by atoms with Gasteiger partial charge < -0.3 is 0 Å². The fourth-order valence-corrected chi connectivity index (χ4v) is 0.966. The van der Waals surface area contributed by atoms with Gasteiger partial charge in [0.15, 0.2) is 0 Å². The Bertz CT molecular complexity index is 51.1. The zero-order chi connectivity index (χ0) is 9.82. The Morgan fingerprint density at radius 2 is 1.33 bits per heavy atom. The predicted octanol–water partition coefficient (Wildman–Crippen LogP) is 5.03. The number of unbranched alkanes of at least 4 members (excludes halogenated alkanes) is 2. The molecule has 0 amide bonds. The van der Waals surface area contributed by atoms with Crippen molar-refractivity contribution in [3.63, 3.8) is 0 Å². The molecular weight excluding hydrogens is 144 g/mol. The van der Waals surface area contributed by atoms with Gasteiger partial charge in [-0.15, -0.1) is 0 Å². The number of rotatable bonds is 2. The summed E-state index contributed by atoms with van der Waals surface area (Å²) in [6, 6.07) is 0. The van der Waals surface area contributed by atoms with E-state index in [0.29, 0.717) is 0 Å². The van der Waals surface area contributed by atoms with Crippen LogP contribution in [-0.2, 0) is 0 Å². The van der Waals surface area contributed by atoms with Crippen molar-refractivity contribution in [3.8, 4) is 0 Å². The van der Waals surface area contributed by atoms with Crippen molar-refractivity contribution >= 4 is 0 Å². The van der Waals surface area contributed by atoms with Gasteiger partial charge in [0.05, 0.1) is 0 Å². The Hall–Kier alpha value is 0. The van der Waals surface area contributed by atoms with Crippen molar-refractivity contribution in [2.45, 2.75) is 73.1 Å². The topological polar surface area (TPSA) is 0 Å². The molecule has 0 aromatic heterocycles. The lowest BCUT2D eigenvalue weighted by atomic mass is 9.88. The maximum absolute atomic E-state index is 2.31. The van der Waals surface area contributed by atoms with Crippen LogP contribution in [0.1, 0.15) is 73.1 Å². The van der Waals surface area contributed by atoms with E-state index in [1.165, 1.54) is 38.5 Å². The fraction of sp³-hybridized carbons (Fsp3) is 1.00. The van der Waals surface area contributed by atoms with Crippen LogP contribution in [0.4, 0.5) is 0 Å². The molecule has 0 nitrogen and oxygen atoms in total. The van der Waals surface area contributed by atoms with E-state index < -0.39 is 0 Å². The zero-order valence-corrected chi connectivity index (χ0v) is 9.82. The van der Waals surface area contributed by atoms with Crippen LogP contribution in [0.15, 0.2) is 0 Å². The van der Waals surface area contributed by atoms with Gasteiger partial charge in [-0.2, -0.15) is 0 Å². The van der Waals surface area contributed by atoms with Gasteiger partial charge in [0.25, 0.3) is 0 Å². The number of hydrogen-bond acceptors (Lipinski definition) is 0. The van der Waals surface area contributed by atoms with Crippen LogP contribution < -0.4 is 0 Å². The summed E-state index contributed by atoms with van der Waals surface area (Å²) in [5.74, 6) is 1.06. The highest BCUT2D eigenvalue weighted by Gasteiger charge is 2.09. The Kier molecular flexibility index (Phi) is 16.4. The summed E-state index contributed by atoms with van der Waals surface area (Å²) in [4.78, 5) is 0. The van der Waals surface area contributed by atoms with E-state index in [2.05, 4.69) is 20.8 Å². The molecule has 1 rings (SSSR count). The molecule has 0 spiro atoms. The monoisotopic (exact) mass is 172 g/mol. The first-order chi connectivity index (χ1) is 5.81. The molecule has 0 heteroatoms. The lowest BCUT2D eigenvalue weighted by Crippen LogP contribution is -2.04. The highest BCUT2D eigenvalue weighted by molar-refractivity contribution is 4.62. The van der Waals surface area contributed by atoms with Gasteiger partial charge in [0.1, 0.15) is 0 Å². The molecule has 0 aromatic carbocycles. The van der Waals surface area contributed by atoms with E-state index in [0.717, 1.165) is 5.92 Å². The van der Waals surface area contributed by atoms with E-state index in [4.69, 9.17) is 0 Å². The van der Waals surface area contributed by atoms with Crippen LogP contribution in [0.25, 0.3) is 0 Å². The molecule has 0 unspecified atom stereocenters. The van der Waals surface area contributed by atoms with Crippen molar-refractivity contribution in [1.29, 1.82) is 0 Å². The molecule has 0 atom stereocenters. The maximum atomic E-state index is 2.31. The van der Waals surface area contributed by atoms with Gasteiger partial charge in [-0.25, -0.2) is 0 Å². The Morgan fingerprint density at radius 1 is 1.00 bits per heavy atom. The quantitative estimate of drug-likeness (QED) is 0.548. The predicted molar refractivity (Wildman–Crippen MR) is 59.6 cm³/mol. The minimum Gasteiger partial charge on any atom is -0.0683 e. The molecule has 0 aliphatic heterocycles. The minimum atomic E-state index is 1.06. The zero-order valence-electron chi connectivity index (χ0n) is 9.82. The first-order valence-corrected chi connectivity index (χ1v) is 5.81. The van der Waals surface area contributed by atoms with Gasteiger partial charge in [-0.05, 0) is 5.92 Å². The van der Waals surface area contributed by atoms with Gasteiger partial charge in [-0.1, -0.05) is 73.1 Å². The third-order valence-corrected chi connectivity index (χ3v) is 2.10. The molecule has 1 fully saturated rings. The lowest BCUT2D eigenvalue weighted by molar-refractivity contribution is 0.346. The fourth-order valence-electron chi connectivity index (χ4n) is 0.966. The SMILES string of the molecule is CC.CC1CCC1.CCCCC. The summed E-state index contributed by atoms with van der Waals surface area (Å²) in [5.41, 5.74) is 0. The van der Waals surface area contributed by atoms with Crippen LogP contribution in [0.2, 0.25) is 0 Å². The third kappa shape index (κ3) is 12.7. The Balaban J connectivity index is 0. The Morgan fingerprint density at radius 3 is 1.33 bits per heavy atom. The second-order valence-corrected chi connectivity index (χ2v) is 3.39. The summed E-state index contributed by atoms with van der Waals surface area (Å²) in [6.45, 7) is 10.7. The van der Waals surface area contributed by atoms with E-state index >= 15 is 0 Å². The second-order valence-electron chi connectivity index (χ2n) is 3.39. The smallest absolute Gasteiger partial charge is 0.0443 e. The Labute approximate surface area is 79.8 Å². The van der Waals surface area contributed by atoms with Gasteiger partial charge in [0.2, 0.25) is 0 Å². The molecule has 76 valence electrons. The summed E-state index contributed by atoms with van der Waals surface area (Å²) >= 11 is 0. The first-order valence-electron chi connectivity index (χ1n) is 5.81. The molecule has 0 radical (unpaired) electrons. The van der Waals surface area contributed by atoms with Crippen LogP contribution in [-0.4, -0.2) is 0 Å². The first kappa shape index (κ1) is 14.5. The number of hydrogen-bond donors (Lipinski definition) is 0. The van der Waals surface area contributed by atoms with Crippen LogP contribution in [0.3, 0.4) is 0 Å². The third-order valence-electron chi connectivity index (χ3n) is 2.10. The normalized spacial score (nSPS) is 14.8. The van der Waals surface area contributed by atoms with Gasteiger partial charge in [0, 0.05) is 0 Å². The van der Waals surface area contributed by atoms with E-state index in [1.54, 1.807) is 0 Å². The molecule has 0 saturated heterocycles. The lowest BCUT2D eigenvalue weighted by Gasteiger charge is -2.18. The van der Waals surface area contributed by atoms with Crippen molar-refractivity contribution in [2.24, 2.45) is 5.92 Å². The van der Waals surface area contributed by atoms with Gasteiger partial charge in [-0.3, -0.25) is 0 Å². The highest BCUT2D eigenvalue weighted by atomic mass is 14.1. The molecule has 12 heavy (non-hydrogen) atoms. The van der Waals surface area contributed by atoms with E-state index in [-0.39, 0.29) is 0 Å². The van der Waals surface area contributed by atoms with Crippen molar-refractivity contribution < 1.29 is 0 Å². The van der Waals surface area contributed by atoms with Crippen LogP contribution >= 0.6 is 0 Å². The standard InChI is InChI=1S/C5H10.C5H12.C2H6/c1-5-3-2-4-5;1-3-5-4-2;1-2/h5H,2-4H2,1H3;3-5H2,1-2H3;1-2H3. The average molecular weight is 172 g/mol. The van der Waals surface area contributed by atoms with E-state index in [1.807, 2.05) is 13.8 Å². The summed E-state index contributed by atoms with van der Waals surface area (Å²) in [7, 11) is 0. The van der Waals surface area contributed by atoms with Crippen molar-refractivity contribution in [3.05, 3.63) is 0 Å². The maximum Gasteiger partial charge on any atom is -0.0443 e. The molecule has 1 aliphatic carbocycles. The largest absolute Gasteiger partial charge is 0.0683 e. The minimum absolute atomic E-state index is 1.06. The highest BCUT2D eigenvalue weighted by Crippen LogP contribution is 2.24. The summed E-state index contributed by atoms with van der Waals surface area (Å²) < 4.78 is 0. The van der Waals surface area contributed by atoms with Crippen LogP contribution in [0.5, 0.6) is 0 Å². The average Bonchev–Trinajstić information content (AvgIpc) is 2.07. The van der Waals surface area contributed by atoms with Crippen molar-refractivity contribution in [1.82, 2.24) is 0 Å². The van der Waals surface area contributed by atoms with Gasteiger partial charge >= 0.3 is 0 Å². The molecular formula is C12H28. The summed E-state index contributed by atoms with van der Waals surface area (Å²) in [6.07, 6.45) is 8.54. The molecule has 1 aliphatic rings. The molecule has 0 N–H and O–H groups in total. The second kappa shape index (κ2) is 13.6. The van der Waals surface area contributed by atoms with Crippen LogP contribution in [0, 0.1) is 5.92 Å². The molecule has 0 bridgehead atoms. The van der Waals surface area contributed by atoms with E-state index in [9.17, 15) is 0 Å². The van der Waals surface area contributed by atoms with Crippen molar-refractivity contribution in [2.75, 3.05) is 0 Å². The molecule has 0 heterocycles. The summed E-state index contributed by atoms with van der Waals surface area (Å²) in [5, 5.41) is 0. The molecule has 0 aromatic rings. The molecule has 1 saturated carbocycles.